The second-order valence-electron chi connectivity index (χ2n) is 1.53. The third kappa shape index (κ3) is 6.43. The van der Waals surface area contributed by atoms with Gasteiger partial charge in [-0.1, -0.05) is 28.6 Å². The molecule has 0 aliphatic heterocycles. The largest absolute Gasteiger partial charge is 0.461 e. The van der Waals surface area contributed by atoms with Gasteiger partial charge in [-0.2, -0.15) is 0 Å². The molecule has 0 bridgehead atoms. The minimum absolute atomic E-state index is 0. The molecule has 54 valence electrons. The Balaban J connectivity index is 0. The van der Waals surface area contributed by atoms with Gasteiger partial charge < -0.3 is 4.74 Å². The molecular weight excluding hydrogens is 249 g/mol. The van der Waals surface area contributed by atoms with Crippen LogP contribution < -0.4 is 0 Å². The zero-order valence-corrected chi connectivity index (χ0v) is 10.5. The summed E-state index contributed by atoms with van der Waals surface area (Å²) in [5, 5.41) is 0. The van der Waals surface area contributed by atoms with Gasteiger partial charge in [0.2, 0.25) is 0 Å². The molecule has 2 nitrogen and oxygen atoms in total. The fourth-order valence-corrected chi connectivity index (χ4v) is 0.388. The monoisotopic (exact) mass is 256 g/mol. The van der Waals surface area contributed by atoms with Gasteiger partial charge in [-0.25, -0.2) is 0 Å². The minimum Gasteiger partial charge on any atom is -0.461 e. The average molecular weight is 258 g/mol. The first-order chi connectivity index (χ1) is 4.18. The molecule has 10 heavy (non-hydrogen) atoms. The summed E-state index contributed by atoms with van der Waals surface area (Å²) in [6, 6.07) is 0. The molecule has 0 heterocycles. The van der Waals surface area contributed by atoms with E-state index in [-0.39, 0.29) is 36.9 Å². The van der Waals surface area contributed by atoms with Crippen molar-refractivity contribution in [3.63, 3.8) is 0 Å². The van der Waals surface area contributed by atoms with Gasteiger partial charge >= 0.3 is 5.97 Å². The maximum Gasteiger partial charge on any atom is 0.319 e. The molecule has 0 aliphatic rings. The van der Waals surface area contributed by atoms with Crippen LogP contribution in [0.15, 0.2) is 12.7 Å². The first-order valence-corrected chi connectivity index (χ1v) is 3.51. The summed E-state index contributed by atoms with van der Waals surface area (Å²) in [5.74, 6) is -0.255. The van der Waals surface area contributed by atoms with Crippen molar-refractivity contribution in [2.24, 2.45) is 0 Å². The Hall–Kier alpha value is 0.313. The minimum atomic E-state index is -0.255. The fourth-order valence-electron chi connectivity index (χ4n) is 0.256. The average Bonchev–Trinajstić information content (AvgIpc) is 1.82. The van der Waals surface area contributed by atoms with Crippen LogP contribution in [0.1, 0.15) is 6.92 Å². The van der Waals surface area contributed by atoms with Gasteiger partial charge in [-0.05, 0) is 6.92 Å². The number of carbonyl (C=O) groups is 1. The molecule has 0 aliphatic carbocycles. The van der Waals surface area contributed by atoms with Crippen molar-refractivity contribution in [2.45, 2.75) is 11.8 Å². The Kier molecular flexibility index (Phi) is 9.61. The Morgan fingerprint density at radius 2 is 2.40 bits per heavy atom. The standard InChI is InChI=1S/C6H9BrO2.Zn/c1-3-4-9-6(8)5(2)7;/h3,5H,1,4H2,2H3;. The molecule has 0 saturated heterocycles. The molecule has 0 radical (unpaired) electrons. The van der Waals surface area contributed by atoms with Crippen molar-refractivity contribution in [3.05, 3.63) is 12.7 Å². The number of rotatable bonds is 3. The van der Waals surface area contributed by atoms with E-state index in [2.05, 4.69) is 27.2 Å². The first-order valence-electron chi connectivity index (χ1n) is 2.60. The summed E-state index contributed by atoms with van der Waals surface area (Å²) in [6.07, 6.45) is 1.54. The van der Waals surface area contributed by atoms with Gasteiger partial charge in [-0.15, -0.1) is 0 Å². The SMILES string of the molecule is C=CCOC(=O)C(C)Br.[Zn]. The summed E-state index contributed by atoms with van der Waals surface area (Å²) in [6.45, 7) is 5.40. The molecule has 0 rings (SSSR count). The van der Waals surface area contributed by atoms with E-state index in [1.807, 2.05) is 0 Å². The van der Waals surface area contributed by atoms with Gasteiger partial charge in [-0.3, -0.25) is 4.79 Å². The maximum absolute atomic E-state index is 10.6. The summed E-state index contributed by atoms with van der Waals surface area (Å²) in [4.78, 5) is 10.4. The van der Waals surface area contributed by atoms with Gasteiger partial charge in [0.25, 0.3) is 0 Å². The normalized spacial score (nSPS) is 11.0. The predicted octanol–water partition coefficient (Wildman–Crippen LogP) is 1.50. The van der Waals surface area contributed by atoms with Crippen LogP contribution in [0.5, 0.6) is 0 Å². The number of carbonyl (C=O) groups excluding carboxylic acids is 1. The molecule has 0 aromatic heterocycles. The quantitative estimate of drug-likeness (QED) is 0.332. The van der Waals surface area contributed by atoms with Gasteiger partial charge in [0.15, 0.2) is 0 Å². The molecule has 0 fully saturated rings. The Labute approximate surface area is 81.9 Å². The second-order valence-corrected chi connectivity index (χ2v) is 2.91. The zero-order valence-electron chi connectivity index (χ0n) is 5.97. The molecule has 1 atom stereocenters. The van der Waals surface area contributed by atoms with Crippen molar-refractivity contribution in [3.8, 4) is 0 Å². The van der Waals surface area contributed by atoms with Crippen molar-refractivity contribution < 1.29 is 29.0 Å². The van der Waals surface area contributed by atoms with E-state index in [1.54, 1.807) is 6.92 Å². The number of alkyl halides is 1. The zero-order chi connectivity index (χ0) is 7.28. The summed E-state index contributed by atoms with van der Waals surface area (Å²) >= 11 is 3.06. The van der Waals surface area contributed by atoms with E-state index in [0.717, 1.165) is 0 Å². The third-order valence-corrected chi connectivity index (χ3v) is 1.04. The number of hydrogen-bond acceptors (Lipinski definition) is 2. The van der Waals surface area contributed by atoms with Crippen LogP contribution >= 0.6 is 15.9 Å². The number of ether oxygens (including phenoxy) is 1. The number of hydrogen-bond donors (Lipinski definition) is 0. The molecule has 0 aromatic rings. The molecule has 1 unspecified atom stereocenters. The van der Waals surface area contributed by atoms with Crippen LogP contribution in [-0.4, -0.2) is 17.4 Å². The van der Waals surface area contributed by atoms with Crippen LogP contribution in [0.25, 0.3) is 0 Å². The van der Waals surface area contributed by atoms with Crippen LogP contribution in [0.2, 0.25) is 0 Å². The smallest absolute Gasteiger partial charge is 0.319 e. The van der Waals surface area contributed by atoms with Gasteiger partial charge in [0, 0.05) is 19.5 Å². The predicted molar refractivity (Wildman–Crippen MR) is 39.5 cm³/mol. The van der Waals surface area contributed by atoms with Crippen LogP contribution in [0.4, 0.5) is 0 Å². The fraction of sp³-hybridized carbons (Fsp3) is 0.500. The van der Waals surface area contributed by atoms with E-state index in [1.165, 1.54) is 6.08 Å². The summed E-state index contributed by atoms with van der Waals surface area (Å²) < 4.78 is 4.65. The summed E-state index contributed by atoms with van der Waals surface area (Å²) in [7, 11) is 0. The van der Waals surface area contributed by atoms with Crippen molar-refractivity contribution in [1.29, 1.82) is 0 Å². The van der Waals surface area contributed by atoms with Crippen LogP contribution in [0.3, 0.4) is 0 Å². The van der Waals surface area contributed by atoms with E-state index in [4.69, 9.17) is 0 Å². The van der Waals surface area contributed by atoms with E-state index >= 15 is 0 Å². The molecule has 0 spiro atoms. The van der Waals surface area contributed by atoms with E-state index in [0.29, 0.717) is 0 Å². The molecule has 0 aromatic carbocycles. The van der Waals surface area contributed by atoms with Gasteiger partial charge in [0.05, 0.1) is 0 Å². The van der Waals surface area contributed by atoms with Crippen LogP contribution in [0, 0.1) is 0 Å². The third-order valence-electron chi connectivity index (χ3n) is 0.668. The van der Waals surface area contributed by atoms with E-state index < -0.39 is 0 Å². The van der Waals surface area contributed by atoms with Crippen molar-refractivity contribution >= 4 is 21.9 Å². The van der Waals surface area contributed by atoms with Crippen LogP contribution in [-0.2, 0) is 29.0 Å². The second kappa shape index (κ2) is 7.42. The van der Waals surface area contributed by atoms with E-state index in [9.17, 15) is 4.79 Å². The number of halogens is 1. The van der Waals surface area contributed by atoms with Crippen molar-refractivity contribution in [2.75, 3.05) is 6.61 Å². The molecule has 0 amide bonds. The molecule has 4 heteroatoms. The topological polar surface area (TPSA) is 26.3 Å². The summed E-state index contributed by atoms with van der Waals surface area (Å²) in [5.41, 5.74) is 0. The van der Waals surface area contributed by atoms with Crippen molar-refractivity contribution in [1.82, 2.24) is 0 Å². The maximum atomic E-state index is 10.6. The number of esters is 1. The Bertz CT molecular complexity index is 114. The first kappa shape index (κ1) is 12.9. The molecule has 0 saturated carbocycles. The van der Waals surface area contributed by atoms with Gasteiger partial charge in [0.1, 0.15) is 11.4 Å². The Morgan fingerprint density at radius 3 is 2.70 bits per heavy atom. The Morgan fingerprint density at radius 1 is 1.90 bits per heavy atom. The molecular formula is C6H9BrO2Zn. The molecule has 0 N–H and O–H groups in total.